The van der Waals surface area contributed by atoms with Crippen molar-refractivity contribution in [3.8, 4) is 5.69 Å². The number of hydrogen-bond donors (Lipinski definition) is 2. The molecule has 8 nitrogen and oxygen atoms in total. The number of rotatable bonds is 5. The van der Waals surface area contributed by atoms with Gasteiger partial charge in [-0.3, -0.25) is 0 Å². The lowest BCUT2D eigenvalue weighted by Crippen LogP contribution is -2.39. The van der Waals surface area contributed by atoms with Crippen molar-refractivity contribution in [3.05, 3.63) is 60.4 Å². The van der Waals surface area contributed by atoms with Gasteiger partial charge in [0.25, 0.3) is 0 Å². The fraction of sp³-hybridized carbons (Fsp3) is 0.294. The van der Waals surface area contributed by atoms with Crippen molar-refractivity contribution in [2.75, 3.05) is 0 Å². The first kappa shape index (κ1) is 16.7. The predicted molar refractivity (Wildman–Crippen MR) is 93.1 cm³/mol. The lowest BCUT2D eigenvalue weighted by atomic mass is 10.1. The summed E-state index contributed by atoms with van der Waals surface area (Å²) in [7, 11) is 1.84. The number of carbonyl (C=O) groups is 1. The number of hydrogen-bond acceptors (Lipinski definition) is 4. The topological polar surface area (TPSA) is 89.7 Å². The smallest absolute Gasteiger partial charge is 0.315 e. The third kappa shape index (κ3) is 3.85. The van der Waals surface area contributed by atoms with E-state index < -0.39 is 0 Å². The van der Waals surface area contributed by atoms with Crippen LogP contribution in [0.1, 0.15) is 37.3 Å². The van der Waals surface area contributed by atoms with Gasteiger partial charge < -0.3 is 15.2 Å². The molecule has 1 aromatic carbocycles. The molecule has 2 aromatic heterocycles. The Kier molecular flexibility index (Phi) is 4.78. The number of aromatic nitrogens is 5. The van der Waals surface area contributed by atoms with Gasteiger partial charge in [0.05, 0.1) is 17.8 Å². The van der Waals surface area contributed by atoms with E-state index in [0.717, 1.165) is 11.3 Å². The number of carbonyl (C=O) groups excluding carboxylic acids is 1. The molecule has 2 heterocycles. The summed E-state index contributed by atoms with van der Waals surface area (Å²) < 4.78 is 3.56. The van der Waals surface area contributed by atoms with Gasteiger partial charge in [0.1, 0.15) is 6.33 Å². The van der Waals surface area contributed by atoms with E-state index in [1.54, 1.807) is 21.8 Å². The summed E-state index contributed by atoms with van der Waals surface area (Å²) in [6.07, 6.45) is 5.22. The summed E-state index contributed by atoms with van der Waals surface area (Å²) in [4.78, 5) is 12.3. The Labute approximate surface area is 145 Å². The molecule has 0 bridgehead atoms. The van der Waals surface area contributed by atoms with Crippen molar-refractivity contribution in [1.29, 1.82) is 0 Å². The van der Waals surface area contributed by atoms with Crippen molar-refractivity contribution in [2.45, 2.75) is 25.9 Å². The molecular formula is C17H21N7O. The first-order chi connectivity index (χ1) is 12.0. The van der Waals surface area contributed by atoms with E-state index in [1.165, 1.54) is 0 Å². The Balaban J connectivity index is 1.64. The van der Waals surface area contributed by atoms with Crippen LogP contribution in [-0.2, 0) is 7.05 Å². The van der Waals surface area contributed by atoms with Crippen LogP contribution < -0.4 is 10.6 Å². The lowest BCUT2D eigenvalue weighted by molar-refractivity contribution is 0.234. The molecule has 25 heavy (non-hydrogen) atoms. The van der Waals surface area contributed by atoms with Crippen LogP contribution in [0.25, 0.3) is 5.69 Å². The standard InChI is InChI=1S/C17H21N7O/c1-12(14-6-4-7-15(10-14)24-9-5-8-19-24)20-17(25)21-13(2)16-22-18-11-23(16)3/h4-13H,1-3H3,(H2,20,21,25)/t12-,13+/m1/s1. The van der Waals surface area contributed by atoms with Crippen molar-refractivity contribution >= 4 is 6.03 Å². The van der Waals surface area contributed by atoms with Crippen LogP contribution >= 0.6 is 0 Å². The Hall–Kier alpha value is -3.16. The van der Waals surface area contributed by atoms with E-state index in [2.05, 4.69) is 25.9 Å². The molecule has 0 saturated carbocycles. The normalized spacial score (nSPS) is 13.2. The summed E-state index contributed by atoms with van der Waals surface area (Å²) in [5.74, 6) is 0.698. The summed E-state index contributed by atoms with van der Waals surface area (Å²) in [6.45, 7) is 3.81. The minimum absolute atomic E-state index is 0.151. The maximum absolute atomic E-state index is 12.3. The zero-order valence-electron chi connectivity index (χ0n) is 14.4. The van der Waals surface area contributed by atoms with Gasteiger partial charge in [0.15, 0.2) is 5.82 Å². The molecule has 0 aliphatic rings. The fourth-order valence-electron chi connectivity index (χ4n) is 2.63. The predicted octanol–water partition coefficient (Wildman–Crippen LogP) is 2.12. The van der Waals surface area contributed by atoms with Gasteiger partial charge in [-0.1, -0.05) is 12.1 Å². The van der Waals surface area contributed by atoms with Crippen LogP contribution in [0, 0.1) is 0 Å². The second kappa shape index (κ2) is 7.16. The molecular weight excluding hydrogens is 318 g/mol. The molecule has 2 amide bonds. The van der Waals surface area contributed by atoms with Gasteiger partial charge in [-0.15, -0.1) is 10.2 Å². The summed E-state index contributed by atoms with van der Waals surface area (Å²) in [5.41, 5.74) is 1.94. The SMILES string of the molecule is C[C@H](NC(=O)N[C@H](C)c1cccc(-n2cccn2)c1)c1nncn1C. The number of nitrogens with zero attached hydrogens (tertiary/aromatic N) is 5. The zero-order chi connectivity index (χ0) is 17.8. The van der Waals surface area contributed by atoms with E-state index >= 15 is 0 Å². The van der Waals surface area contributed by atoms with Crippen LogP contribution in [0.15, 0.2) is 49.1 Å². The van der Waals surface area contributed by atoms with Gasteiger partial charge in [-0.2, -0.15) is 5.10 Å². The second-order valence-corrected chi connectivity index (χ2v) is 5.91. The average Bonchev–Trinajstić information content (AvgIpc) is 3.26. The quantitative estimate of drug-likeness (QED) is 0.745. The molecule has 0 saturated heterocycles. The molecule has 0 fully saturated rings. The molecule has 8 heteroatoms. The van der Waals surface area contributed by atoms with Crippen LogP contribution in [0.5, 0.6) is 0 Å². The largest absolute Gasteiger partial charge is 0.332 e. The average molecular weight is 339 g/mol. The van der Waals surface area contributed by atoms with E-state index in [0.29, 0.717) is 5.82 Å². The van der Waals surface area contributed by atoms with Gasteiger partial charge in [-0.05, 0) is 37.6 Å². The molecule has 2 N–H and O–H groups in total. The lowest BCUT2D eigenvalue weighted by Gasteiger charge is -2.18. The number of urea groups is 1. The van der Waals surface area contributed by atoms with Crippen LogP contribution in [0.4, 0.5) is 4.79 Å². The second-order valence-electron chi connectivity index (χ2n) is 5.91. The van der Waals surface area contributed by atoms with Gasteiger partial charge in [0.2, 0.25) is 0 Å². The van der Waals surface area contributed by atoms with Gasteiger partial charge in [0, 0.05) is 19.4 Å². The number of aryl methyl sites for hydroxylation is 1. The molecule has 0 aliphatic heterocycles. The Morgan fingerprint density at radius 3 is 2.64 bits per heavy atom. The number of nitrogens with one attached hydrogen (secondary N) is 2. The highest BCUT2D eigenvalue weighted by Gasteiger charge is 2.16. The maximum Gasteiger partial charge on any atom is 0.315 e. The monoisotopic (exact) mass is 339 g/mol. The Morgan fingerprint density at radius 1 is 1.16 bits per heavy atom. The zero-order valence-corrected chi connectivity index (χ0v) is 14.4. The molecule has 0 spiro atoms. The molecule has 0 unspecified atom stereocenters. The molecule has 2 atom stereocenters. The fourth-order valence-corrected chi connectivity index (χ4v) is 2.63. The highest BCUT2D eigenvalue weighted by Crippen LogP contribution is 2.16. The minimum atomic E-state index is -0.257. The van der Waals surface area contributed by atoms with E-state index in [9.17, 15) is 4.79 Å². The van der Waals surface area contributed by atoms with E-state index in [4.69, 9.17) is 0 Å². The van der Waals surface area contributed by atoms with Crippen LogP contribution in [0.2, 0.25) is 0 Å². The first-order valence-corrected chi connectivity index (χ1v) is 8.05. The van der Waals surface area contributed by atoms with E-state index in [-0.39, 0.29) is 18.1 Å². The molecule has 3 aromatic rings. The number of amides is 2. The molecule has 0 radical (unpaired) electrons. The van der Waals surface area contributed by atoms with Crippen molar-refractivity contribution in [3.63, 3.8) is 0 Å². The molecule has 3 rings (SSSR count). The Morgan fingerprint density at radius 2 is 1.96 bits per heavy atom. The summed E-state index contributed by atoms with van der Waals surface area (Å²) in [5, 5.41) is 17.9. The number of benzene rings is 1. The van der Waals surface area contributed by atoms with Gasteiger partial charge in [-0.25, -0.2) is 9.48 Å². The maximum atomic E-state index is 12.3. The third-order valence-electron chi connectivity index (χ3n) is 3.97. The van der Waals surface area contributed by atoms with Gasteiger partial charge >= 0.3 is 6.03 Å². The highest BCUT2D eigenvalue weighted by atomic mass is 16.2. The summed E-state index contributed by atoms with van der Waals surface area (Å²) in [6, 6.07) is 9.12. The van der Waals surface area contributed by atoms with Crippen LogP contribution in [0.3, 0.4) is 0 Å². The molecule has 130 valence electrons. The van der Waals surface area contributed by atoms with Crippen molar-refractivity contribution < 1.29 is 4.79 Å². The Bertz CT molecular complexity index is 840. The van der Waals surface area contributed by atoms with Crippen molar-refractivity contribution in [1.82, 2.24) is 35.2 Å². The van der Waals surface area contributed by atoms with E-state index in [1.807, 2.05) is 57.4 Å². The van der Waals surface area contributed by atoms with Crippen LogP contribution in [-0.4, -0.2) is 30.6 Å². The van der Waals surface area contributed by atoms with Crippen molar-refractivity contribution in [2.24, 2.45) is 7.05 Å². The summed E-state index contributed by atoms with van der Waals surface area (Å²) >= 11 is 0. The highest BCUT2D eigenvalue weighted by molar-refractivity contribution is 5.74. The first-order valence-electron chi connectivity index (χ1n) is 8.05. The molecule has 0 aliphatic carbocycles. The third-order valence-corrected chi connectivity index (χ3v) is 3.97. The minimum Gasteiger partial charge on any atom is -0.332 e.